The van der Waals surface area contributed by atoms with E-state index >= 15 is 0 Å². The number of carbonyl (C=O) groups excluding carboxylic acids is 2. The molecule has 1 aliphatic heterocycles. The van der Waals surface area contributed by atoms with Gasteiger partial charge in [-0.2, -0.15) is 0 Å². The van der Waals surface area contributed by atoms with Gasteiger partial charge in [-0.1, -0.05) is 51.5 Å². The number of ketones is 1. The average molecular weight is 433 g/mol. The first-order valence-corrected chi connectivity index (χ1v) is 11.1. The molecule has 32 heavy (non-hydrogen) atoms. The van der Waals surface area contributed by atoms with Crippen molar-refractivity contribution in [2.24, 2.45) is 0 Å². The number of esters is 1. The third-order valence-electron chi connectivity index (χ3n) is 5.96. The van der Waals surface area contributed by atoms with Crippen LogP contribution in [0, 0.1) is 0 Å². The van der Waals surface area contributed by atoms with Crippen molar-refractivity contribution in [3.63, 3.8) is 0 Å². The molecule has 1 aromatic heterocycles. The number of fused-ring (bicyclic) bond motifs is 2. The summed E-state index contributed by atoms with van der Waals surface area (Å²) in [6.07, 6.45) is 3.79. The summed E-state index contributed by atoms with van der Waals surface area (Å²) in [5.41, 5.74) is 2.32. The van der Waals surface area contributed by atoms with Gasteiger partial charge in [0.1, 0.15) is 5.82 Å². The van der Waals surface area contributed by atoms with Crippen molar-refractivity contribution in [1.29, 1.82) is 0 Å². The van der Waals surface area contributed by atoms with Crippen LogP contribution >= 0.6 is 0 Å². The lowest BCUT2D eigenvalue weighted by Crippen LogP contribution is -2.24. The predicted octanol–water partition coefficient (Wildman–Crippen LogP) is 4.46. The molecule has 0 aliphatic carbocycles. The molecule has 0 amide bonds. The molecule has 2 aromatic carbocycles. The maximum atomic E-state index is 12.8. The van der Waals surface area contributed by atoms with E-state index in [1.807, 2.05) is 12.1 Å². The number of ether oxygens (including phenoxy) is 1. The maximum Gasteiger partial charge on any atom is 0.338 e. The zero-order valence-corrected chi connectivity index (χ0v) is 18.8. The number of benzene rings is 2. The van der Waals surface area contributed by atoms with Gasteiger partial charge >= 0.3 is 5.97 Å². The Labute approximate surface area is 187 Å². The summed E-state index contributed by atoms with van der Waals surface area (Å²) < 4.78 is 7.00. The fourth-order valence-corrected chi connectivity index (χ4v) is 4.00. The number of aryl methyl sites for hydroxylation is 1. The van der Waals surface area contributed by atoms with Crippen LogP contribution in [0.5, 0.6) is 0 Å². The zero-order valence-electron chi connectivity index (χ0n) is 18.8. The molecule has 0 saturated carbocycles. The van der Waals surface area contributed by atoms with Crippen LogP contribution in [0.1, 0.15) is 72.1 Å². The number of hydrogen-bond acceptors (Lipinski definition) is 5. The van der Waals surface area contributed by atoms with E-state index in [1.54, 1.807) is 34.9 Å². The lowest BCUT2D eigenvalue weighted by molar-refractivity contribution is 0.0475. The molecule has 0 N–H and O–H groups in total. The molecule has 6 nitrogen and oxygen atoms in total. The number of rotatable bonds is 4. The Morgan fingerprint density at radius 3 is 2.44 bits per heavy atom. The minimum atomic E-state index is -0.608. The SMILES string of the molecule is CC(C)(C)c1ccc(C(=O)COC(=O)c2ccc3c(=O)n4c(nc3c2)CCCCC4)cc1. The van der Waals surface area contributed by atoms with Crippen molar-refractivity contribution in [1.82, 2.24) is 9.55 Å². The van der Waals surface area contributed by atoms with E-state index in [4.69, 9.17) is 4.74 Å². The Bertz CT molecular complexity index is 1230. The van der Waals surface area contributed by atoms with E-state index in [0.29, 0.717) is 23.0 Å². The molecular weight excluding hydrogens is 404 g/mol. The third kappa shape index (κ3) is 4.49. The van der Waals surface area contributed by atoms with Crippen LogP contribution in [0.4, 0.5) is 0 Å². The highest BCUT2D eigenvalue weighted by atomic mass is 16.5. The van der Waals surface area contributed by atoms with Crippen LogP contribution in [0.2, 0.25) is 0 Å². The van der Waals surface area contributed by atoms with Gasteiger partial charge in [-0.25, -0.2) is 9.78 Å². The van der Waals surface area contributed by atoms with Gasteiger partial charge in [-0.15, -0.1) is 0 Å². The van der Waals surface area contributed by atoms with Crippen LogP contribution in [-0.4, -0.2) is 27.9 Å². The monoisotopic (exact) mass is 432 g/mol. The summed E-state index contributed by atoms with van der Waals surface area (Å²) in [5, 5.41) is 0.488. The summed E-state index contributed by atoms with van der Waals surface area (Å²) >= 11 is 0. The Kier molecular flexibility index (Phi) is 5.96. The molecule has 0 saturated heterocycles. The molecular formula is C26H28N2O4. The molecule has 166 valence electrons. The molecule has 0 unspecified atom stereocenters. The fourth-order valence-electron chi connectivity index (χ4n) is 4.00. The normalized spacial score (nSPS) is 14.0. The van der Waals surface area contributed by atoms with Crippen LogP contribution in [0.25, 0.3) is 10.9 Å². The minimum Gasteiger partial charge on any atom is -0.454 e. The molecule has 2 heterocycles. The largest absolute Gasteiger partial charge is 0.454 e. The van der Waals surface area contributed by atoms with Crippen molar-refractivity contribution >= 4 is 22.7 Å². The highest BCUT2D eigenvalue weighted by molar-refractivity contribution is 6.00. The van der Waals surface area contributed by atoms with Crippen LogP contribution in [0.3, 0.4) is 0 Å². The number of hydrogen-bond donors (Lipinski definition) is 0. The van der Waals surface area contributed by atoms with Gasteiger partial charge in [0.25, 0.3) is 5.56 Å². The summed E-state index contributed by atoms with van der Waals surface area (Å²) in [6, 6.07) is 12.1. The van der Waals surface area contributed by atoms with Gasteiger partial charge in [0.05, 0.1) is 16.5 Å². The van der Waals surface area contributed by atoms with E-state index in [1.165, 1.54) is 0 Å². The van der Waals surface area contributed by atoms with Crippen LogP contribution in [0.15, 0.2) is 47.3 Å². The lowest BCUT2D eigenvalue weighted by atomic mass is 9.86. The van der Waals surface area contributed by atoms with Gasteiger partial charge in [0, 0.05) is 18.5 Å². The summed E-state index contributed by atoms with van der Waals surface area (Å²) in [4.78, 5) is 42.5. The summed E-state index contributed by atoms with van der Waals surface area (Å²) in [7, 11) is 0. The third-order valence-corrected chi connectivity index (χ3v) is 5.96. The topological polar surface area (TPSA) is 78.3 Å². The Hall–Kier alpha value is -3.28. The van der Waals surface area contributed by atoms with Gasteiger partial charge < -0.3 is 4.74 Å². The van der Waals surface area contributed by atoms with E-state index in [0.717, 1.165) is 37.1 Å². The lowest BCUT2D eigenvalue weighted by Gasteiger charge is -2.18. The maximum absolute atomic E-state index is 12.8. The zero-order chi connectivity index (χ0) is 22.9. The van der Waals surface area contributed by atoms with Gasteiger partial charge in [0.15, 0.2) is 12.4 Å². The molecule has 0 bridgehead atoms. The summed E-state index contributed by atoms with van der Waals surface area (Å²) in [5.74, 6) is -0.107. The van der Waals surface area contributed by atoms with Gasteiger partial charge in [-0.05, 0) is 42.0 Å². The molecule has 6 heteroatoms. The van der Waals surface area contributed by atoms with Crippen molar-refractivity contribution < 1.29 is 14.3 Å². The molecule has 0 spiro atoms. The number of carbonyl (C=O) groups is 2. The van der Waals surface area contributed by atoms with Crippen LogP contribution in [-0.2, 0) is 23.1 Å². The standard InChI is InChI=1S/C26H28N2O4/c1-26(2,3)19-11-8-17(9-12-19)22(29)16-32-25(31)18-10-13-20-21(15-18)27-23-7-5-4-6-14-28(23)24(20)30/h8-13,15H,4-7,14,16H2,1-3H3. The average Bonchev–Trinajstić information content (AvgIpc) is 3.02. The summed E-state index contributed by atoms with van der Waals surface area (Å²) in [6.45, 7) is 6.66. The molecule has 0 radical (unpaired) electrons. The highest BCUT2D eigenvalue weighted by Crippen LogP contribution is 2.22. The quantitative estimate of drug-likeness (QED) is 0.449. The second kappa shape index (κ2) is 8.69. The first kappa shape index (κ1) is 21.9. The van der Waals surface area contributed by atoms with E-state index in [2.05, 4.69) is 25.8 Å². The van der Waals surface area contributed by atoms with Crippen LogP contribution < -0.4 is 5.56 Å². The Morgan fingerprint density at radius 2 is 1.72 bits per heavy atom. The fraction of sp³-hybridized carbons (Fsp3) is 0.385. The van der Waals surface area contributed by atoms with E-state index in [-0.39, 0.29) is 28.9 Å². The van der Waals surface area contributed by atoms with Gasteiger partial charge in [0.2, 0.25) is 0 Å². The number of aromatic nitrogens is 2. The first-order valence-electron chi connectivity index (χ1n) is 11.1. The van der Waals surface area contributed by atoms with Crippen molar-refractivity contribution in [3.8, 4) is 0 Å². The van der Waals surface area contributed by atoms with Crippen molar-refractivity contribution in [2.45, 2.75) is 58.4 Å². The Morgan fingerprint density at radius 1 is 1.00 bits per heavy atom. The van der Waals surface area contributed by atoms with Crippen molar-refractivity contribution in [3.05, 3.63) is 75.3 Å². The molecule has 4 rings (SSSR count). The van der Waals surface area contributed by atoms with E-state index in [9.17, 15) is 14.4 Å². The molecule has 1 aliphatic rings. The number of nitrogens with zero attached hydrogens (tertiary/aromatic N) is 2. The van der Waals surface area contributed by atoms with Crippen molar-refractivity contribution in [2.75, 3.05) is 6.61 Å². The second-order valence-electron chi connectivity index (χ2n) is 9.35. The molecule has 3 aromatic rings. The second-order valence-corrected chi connectivity index (χ2v) is 9.35. The highest BCUT2D eigenvalue weighted by Gasteiger charge is 2.18. The molecule has 0 fully saturated rings. The Balaban J connectivity index is 1.49. The first-order chi connectivity index (χ1) is 15.2. The van der Waals surface area contributed by atoms with E-state index < -0.39 is 5.97 Å². The van der Waals surface area contributed by atoms with Gasteiger partial charge in [-0.3, -0.25) is 14.2 Å². The smallest absolute Gasteiger partial charge is 0.338 e. The molecule has 0 atom stereocenters. The number of Topliss-reactive ketones (excluding diaryl/α,β-unsaturated/α-hetero) is 1. The predicted molar refractivity (Wildman–Crippen MR) is 123 cm³/mol. The minimum absolute atomic E-state index is 0.000994.